The highest BCUT2D eigenvalue weighted by atomic mass is 16.2. The number of imide groups is 2. The first-order valence-electron chi connectivity index (χ1n) is 6.18. The van der Waals surface area contributed by atoms with Crippen molar-refractivity contribution in [3.8, 4) is 0 Å². The second-order valence-electron chi connectivity index (χ2n) is 4.48. The Bertz CT molecular complexity index is 493. The van der Waals surface area contributed by atoms with Gasteiger partial charge in [-0.05, 0) is 24.1 Å². The van der Waals surface area contributed by atoms with Crippen LogP contribution in [0.4, 0.5) is 4.79 Å². The summed E-state index contributed by atoms with van der Waals surface area (Å²) >= 11 is 0. The Morgan fingerprint density at radius 2 is 1.68 bits per heavy atom. The lowest BCUT2D eigenvalue weighted by molar-refractivity contribution is -0.139. The van der Waals surface area contributed by atoms with E-state index in [4.69, 9.17) is 0 Å². The number of rotatable bonds is 4. The molecule has 4 amide bonds. The van der Waals surface area contributed by atoms with E-state index in [9.17, 15) is 14.4 Å². The third-order valence-corrected chi connectivity index (χ3v) is 3.31. The summed E-state index contributed by atoms with van der Waals surface area (Å²) in [5, 5.41) is 4.36. The maximum absolute atomic E-state index is 12.2. The first-order valence-corrected chi connectivity index (χ1v) is 6.18. The van der Waals surface area contributed by atoms with Gasteiger partial charge in [-0.25, -0.2) is 4.79 Å². The highest BCUT2D eigenvalue weighted by Crippen LogP contribution is 2.32. The Morgan fingerprint density at radius 1 is 1.11 bits per heavy atom. The molecule has 0 aromatic carbocycles. The topological polar surface area (TPSA) is 88.2 Å². The summed E-state index contributed by atoms with van der Waals surface area (Å²) in [5.74, 6) is -1.14. The first kappa shape index (κ1) is 13.2. The molecule has 0 spiro atoms. The van der Waals surface area contributed by atoms with Gasteiger partial charge in [0.1, 0.15) is 0 Å². The van der Waals surface area contributed by atoms with Crippen molar-refractivity contribution < 1.29 is 14.4 Å². The predicted molar refractivity (Wildman–Crippen MR) is 67.1 cm³/mol. The number of barbiturate groups is 1. The van der Waals surface area contributed by atoms with Gasteiger partial charge < -0.3 is 0 Å². The van der Waals surface area contributed by atoms with E-state index in [0.717, 1.165) is 6.42 Å². The number of hydrogen-bond acceptors (Lipinski definition) is 4. The maximum Gasteiger partial charge on any atom is 0.328 e. The van der Waals surface area contributed by atoms with Crippen molar-refractivity contribution in [1.29, 1.82) is 0 Å². The van der Waals surface area contributed by atoms with Crippen LogP contribution in [0.3, 0.4) is 0 Å². The molecule has 6 heteroatoms. The zero-order valence-corrected chi connectivity index (χ0v) is 10.6. The van der Waals surface area contributed by atoms with Crippen LogP contribution in [0.2, 0.25) is 0 Å². The second kappa shape index (κ2) is 5.17. The number of hydrogen-bond donors (Lipinski definition) is 2. The Kier molecular flexibility index (Phi) is 3.59. The third-order valence-electron chi connectivity index (χ3n) is 3.31. The van der Waals surface area contributed by atoms with Crippen molar-refractivity contribution in [3.05, 3.63) is 30.1 Å². The summed E-state index contributed by atoms with van der Waals surface area (Å²) in [6, 6.07) is 2.49. The summed E-state index contributed by atoms with van der Waals surface area (Å²) in [7, 11) is 0. The molecular weight excluding hydrogens is 246 g/mol. The molecule has 0 saturated carbocycles. The van der Waals surface area contributed by atoms with Crippen molar-refractivity contribution in [1.82, 2.24) is 15.6 Å². The molecule has 19 heavy (non-hydrogen) atoms. The minimum absolute atomic E-state index is 0.360. The van der Waals surface area contributed by atoms with Crippen LogP contribution < -0.4 is 10.6 Å². The number of nitrogens with zero attached hydrogens (tertiary/aromatic N) is 1. The Hall–Kier alpha value is -2.24. The largest absolute Gasteiger partial charge is 0.328 e. The van der Waals surface area contributed by atoms with Crippen LogP contribution in [-0.2, 0) is 15.0 Å². The fraction of sp³-hybridized carbons (Fsp3) is 0.385. The van der Waals surface area contributed by atoms with Gasteiger partial charge in [0, 0.05) is 12.4 Å². The van der Waals surface area contributed by atoms with E-state index in [0.29, 0.717) is 18.4 Å². The van der Waals surface area contributed by atoms with Crippen LogP contribution >= 0.6 is 0 Å². The third kappa shape index (κ3) is 2.21. The number of amides is 4. The molecule has 1 aromatic heterocycles. The molecule has 0 aliphatic carbocycles. The van der Waals surface area contributed by atoms with E-state index in [1.165, 1.54) is 12.4 Å². The van der Waals surface area contributed by atoms with E-state index in [1.54, 1.807) is 12.1 Å². The lowest BCUT2D eigenvalue weighted by atomic mass is 9.74. The van der Waals surface area contributed by atoms with Gasteiger partial charge in [0.15, 0.2) is 5.41 Å². The maximum atomic E-state index is 12.2. The fourth-order valence-corrected chi connectivity index (χ4v) is 2.27. The minimum Gasteiger partial charge on any atom is -0.277 e. The van der Waals surface area contributed by atoms with Crippen molar-refractivity contribution >= 4 is 17.8 Å². The molecular formula is C13H15N3O3. The molecule has 2 rings (SSSR count). The summed E-state index contributed by atoms with van der Waals surface area (Å²) < 4.78 is 0. The van der Waals surface area contributed by atoms with E-state index >= 15 is 0 Å². The van der Waals surface area contributed by atoms with Gasteiger partial charge in [-0.1, -0.05) is 19.8 Å². The van der Waals surface area contributed by atoms with E-state index in [2.05, 4.69) is 15.6 Å². The number of carbonyl (C=O) groups is 3. The molecule has 1 aliphatic heterocycles. The lowest BCUT2D eigenvalue weighted by Gasteiger charge is -2.34. The van der Waals surface area contributed by atoms with Gasteiger partial charge in [-0.15, -0.1) is 0 Å². The Labute approximate surface area is 110 Å². The molecule has 2 N–H and O–H groups in total. The molecule has 0 bridgehead atoms. The monoisotopic (exact) mass is 261 g/mol. The standard InChI is InChI=1S/C13H15N3O3/c1-2-3-6-13(9-4-7-14-8-5-9)10(17)15-12(19)16-11(13)18/h4-5,7-8H,2-3,6H2,1H3,(H2,15,16,17,18,19). The Morgan fingerprint density at radius 3 is 2.21 bits per heavy atom. The fourth-order valence-electron chi connectivity index (χ4n) is 2.27. The number of carbonyl (C=O) groups excluding carboxylic acids is 3. The van der Waals surface area contributed by atoms with Gasteiger partial charge in [0.25, 0.3) is 0 Å². The molecule has 0 radical (unpaired) electrons. The Balaban J connectivity index is 2.48. The molecule has 1 aliphatic rings. The van der Waals surface area contributed by atoms with E-state index < -0.39 is 23.3 Å². The highest BCUT2D eigenvalue weighted by Gasteiger charge is 2.50. The molecule has 1 fully saturated rings. The SMILES string of the molecule is CCCCC1(c2ccncc2)C(=O)NC(=O)NC1=O. The molecule has 1 aromatic rings. The van der Waals surface area contributed by atoms with Gasteiger partial charge in [-0.3, -0.25) is 25.2 Å². The molecule has 1 saturated heterocycles. The van der Waals surface area contributed by atoms with Crippen LogP contribution in [0, 0.1) is 0 Å². The zero-order valence-electron chi connectivity index (χ0n) is 10.6. The quantitative estimate of drug-likeness (QED) is 0.787. The number of pyridine rings is 1. The molecule has 0 unspecified atom stereocenters. The summed E-state index contributed by atoms with van der Waals surface area (Å²) in [6.07, 6.45) is 4.97. The number of urea groups is 1. The van der Waals surface area contributed by atoms with Crippen molar-refractivity contribution in [3.63, 3.8) is 0 Å². The van der Waals surface area contributed by atoms with Crippen LogP contribution in [0.15, 0.2) is 24.5 Å². The van der Waals surface area contributed by atoms with Crippen LogP contribution in [0.5, 0.6) is 0 Å². The van der Waals surface area contributed by atoms with E-state index in [1.807, 2.05) is 6.92 Å². The van der Waals surface area contributed by atoms with Crippen molar-refractivity contribution in [2.45, 2.75) is 31.6 Å². The number of unbranched alkanes of at least 4 members (excludes halogenated alkanes) is 1. The number of nitrogens with one attached hydrogen (secondary N) is 2. The van der Waals surface area contributed by atoms with Gasteiger partial charge >= 0.3 is 6.03 Å². The predicted octanol–water partition coefficient (Wildman–Crippen LogP) is 0.876. The molecule has 100 valence electrons. The van der Waals surface area contributed by atoms with Crippen LogP contribution in [0.1, 0.15) is 31.7 Å². The zero-order chi connectivity index (χ0) is 13.9. The lowest BCUT2D eigenvalue weighted by Crippen LogP contribution is -2.64. The summed E-state index contributed by atoms with van der Waals surface area (Å²) in [6.45, 7) is 1.98. The smallest absolute Gasteiger partial charge is 0.277 e. The van der Waals surface area contributed by atoms with Crippen molar-refractivity contribution in [2.75, 3.05) is 0 Å². The molecule has 2 heterocycles. The first-order chi connectivity index (χ1) is 9.11. The second-order valence-corrected chi connectivity index (χ2v) is 4.48. The minimum atomic E-state index is -1.34. The summed E-state index contributed by atoms with van der Waals surface area (Å²) in [5.41, 5.74) is -0.786. The normalized spacial score (nSPS) is 17.8. The van der Waals surface area contributed by atoms with Crippen molar-refractivity contribution in [2.24, 2.45) is 0 Å². The van der Waals surface area contributed by atoms with Gasteiger partial charge in [0.2, 0.25) is 11.8 Å². The highest BCUT2D eigenvalue weighted by molar-refractivity contribution is 6.22. The van der Waals surface area contributed by atoms with E-state index in [-0.39, 0.29) is 0 Å². The van der Waals surface area contributed by atoms with Crippen LogP contribution in [-0.4, -0.2) is 22.8 Å². The number of aromatic nitrogens is 1. The van der Waals surface area contributed by atoms with Gasteiger partial charge in [0.05, 0.1) is 0 Å². The summed E-state index contributed by atoms with van der Waals surface area (Å²) in [4.78, 5) is 39.5. The van der Waals surface area contributed by atoms with Gasteiger partial charge in [-0.2, -0.15) is 0 Å². The molecule has 6 nitrogen and oxygen atoms in total. The average molecular weight is 261 g/mol. The molecule has 0 atom stereocenters. The van der Waals surface area contributed by atoms with Crippen LogP contribution in [0.25, 0.3) is 0 Å². The average Bonchev–Trinajstić information content (AvgIpc) is 2.39.